The average Bonchev–Trinajstić information content (AvgIpc) is 3.81. The number of aryl methyl sites for hydroxylation is 2. The van der Waals surface area contributed by atoms with E-state index in [4.69, 9.17) is 24.7 Å². The average molecular weight is 763 g/mol. The maximum Gasteiger partial charge on any atom is 0.333 e. The summed E-state index contributed by atoms with van der Waals surface area (Å²) in [6.07, 6.45) is 1.25. The van der Waals surface area contributed by atoms with Gasteiger partial charge in [-0.25, -0.2) is 4.79 Å². The van der Waals surface area contributed by atoms with E-state index in [0.717, 1.165) is 66.7 Å². The number of hydrogen-bond acceptors (Lipinski definition) is 12. The minimum atomic E-state index is -1.23. The first kappa shape index (κ1) is 35.0. The number of H-pyrrole nitrogens is 1. The van der Waals surface area contributed by atoms with Crippen molar-refractivity contribution >= 4 is 28.6 Å². The Hall–Kier alpha value is -4.45. The summed E-state index contributed by atoms with van der Waals surface area (Å²) in [6, 6.07) is 9.09. The van der Waals surface area contributed by atoms with E-state index in [1.165, 1.54) is 0 Å². The molecular weight excluding hydrogens is 717 g/mol. The Bertz CT molecular complexity index is 2370. The summed E-state index contributed by atoms with van der Waals surface area (Å²) in [5, 5.41) is 27.8. The Labute approximate surface area is 324 Å². The summed E-state index contributed by atoms with van der Waals surface area (Å²) in [7, 11) is 3.67. The van der Waals surface area contributed by atoms with Gasteiger partial charge in [-0.2, -0.15) is 5.26 Å². The number of hydrogen-bond donors (Lipinski definition) is 4. The summed E-state index contributed by atoms with van der Waals surface area (Å²) in [6.45, 7) is 8.67. The molecule has 55 heavy (non-hydrogen) atoms. The fraction of sp³-hybridized carbons (Fsp3) is 0.476. The van der Waals surface area contributed by atoms with Crippen molar-refractivity contribution in [2.24, 2.45) is 5.73 Å². The molecule has 8 atom stereocenters. The van der Waals surface area contributed by atoms with Crippen LogP contribution in [0.25, 0.3) is 10.9 Å². The van der Waals surface area contributed by atoms with Crippen LogP contribution in [0.4, 0.5) is 0 Å². The molecule has 1 aromatic heterocycles. The summed E-state index contributed by atoms with van der Waals surface area (Å²) in [5.41, 5.74) is 16.0. The predicted octanol–water partition coefficient (Wildman–Crippen LogP) is 4.77. The number of piperazine rings is 1. The molecule has 0 aliphatic carbocycles. The van der Waals surface area contributed by atoms with Crippen LogP contribution in [-0.4, -0.2) is 89.9 Å². The van der Waals surface area contributed by atoms with Crippen LogP contribution in [0.2, 0.25) is 0 Å². The van der Waals surface area contributed by atoms with Crippen LogP contribution in [0.5, 0.6) is 23.0 Å². The number of likely N-dealkylation sites (N-methyl/N-ethyl adjacent to an activating group) is 1. The van der Waals surface area contributed by atoms with Crippen molar-refractivity contribution in [2.45, 2.75) is 87.6 Å². The highest BCUT2D eigenvalue weighted by atomic mass is 32.2. The van der Waals surface area contributed by atoms with Crippen LogP contribution < -0.4 is 25.3 Å². The molecular formula is C42H46N6O6S. The highest BCUT2D eigenvalue weighted by Crippen LogP contribution is 2.63. The number of nitrogens with zero attached hydrogens (tertiary/aromatic N) is 3. The van der Waals surface area contributed by atoms with Crippen LogP contribution in [0.1, 0.15) is 73.1 Å². The van der Waals surface area contributed by atoms with Crippen molar-refractivity contribution in [1.29, 1.82) is 5.26 Å². The standard InChI is InChI=1S/C42H46N6O6S/c1-18-7-8-26-24(9-18)25-12-23(13-43)46-42(40(25)45-26)16-55-39-30-20(3)21(4)37-38(54-17-53-37)32(30)29(15-52-41(42)50)48-28(14-44)27-11-22-10-19(2)36(51-6)35(49)31(22)33(34(39)48)47(27)5/h7-10,23,27-29,33-34,39,45-46,49H,11-13,15-17,43H2,1-6H3/t23-,27-,28-,29-,33+,34+,39+,42+/m0/s1. The van der Waals surface area contributed by atoms with Gasteiger partial charge in [-0.3, -0.25) is 15.1 Å². The molecule has 0 radical (unpaired) electrons. The van der Waals surface area contributed by atoms with Crippen LogP contribution in [0, 0.1) is 39.0 Å². The molecule has 5 N–H and O–H groups in total. The highest BCUT2D eigenvalue weighted by Gasteiger charge is 2.61. The minimum absolute atomic E-state index is 0.0131. The quantitative estimate of drug-likeness (QED) is 0.208. The Morgan fingerprint density at radius 3 is 2.65 bits per heavy atom. The molecule has 13 heteroatoms. The van der Waals surface area contributed by atoms with Crippen molar-refractivity contribution in [2.75, 3.05) is 39.9 Å². The number of aromatic nitrogens is 1. The maximum absolute atomic E-state index is 15.0. The van der Waals surface area contributed by atoms with E-state index in [1.807, 2.05) is 6.92 Å². The third-order valence-corrected chi connectivity index (χ3v) is 15.0. The molecule has 8 heterocycles. The molecule has 3 aromatic carbocycles. The maximum atomic E-state index is 15.0. The summed E-state index contributed by atoms with van der Waals surface area (Å²) in [5.74, 6) is 1.90. The lowest BCUT2D eigenvalue weighted by Gasteiger charge is -2.62. The second kappa shape index (κ2) is 12.3. The number of aromatic hydroxyl groups is 1. The first-order chi connectivity index (χ1) is 26.5. The molecule has 2 fully saturated rings. The van der Waals surface area contributed by atoms with Gasteiger partial charge < -0.3 is 34.8 Å². The lowest BCUT2D eigenvalue weighted by Crippen LogP contribution is -2.69. The lowest BCUT2D eigenvalue weighted by atomic mass is 9.71. The van der Waals surface area contributed by atoms with E-state index < -0.39 is 17.6 Å². The van der Waals surface area contributed by atoms with Gasteiger partial charge in [0.2, 0.25) is 6.79 Å². The number of rotatable bonds is 2. The number of methoxy groups -OCH3 is 1. The van der Waals surface area contributed by atoms with Gasteiger partial charge in [0, 0.05) is 57.7 Å². The van der Waals surface area contributed by atoms with E-state index in [1.54, 1.807) is 18.9 Å². The van der Waals surface area contributed by atoms with Crippen LogP contribution in [-0.2, 0) is 27.9 Å². The molecule has 0 amide bonds. The molecule has 11 rings (SSSR count). The molecule has 4 bridgehead atoms. The fourth-order valence-corrected chi connectivity index (χ4v) is 12.7. The number of fused-ring (bicyclic) bond motifs is 11. The number of carbonyl (C=O) groups is 1. The van der Waals surface area contributed by atoms with Gasteiger partial charge in [0.15, 0.2) is 28.5 Å². The summed E-state index contributed by atoms with van der Waals surface area (Å²) < 4.78 is 24.8. The van der Waals surface area contributed by atoms with Crippen LogP contribution in [0.15, 0.2) is 24.3 Å². The number of nitrogens with one attached hydrogen (secondary N) is 2. The second-order valence-electron chi connectivity index (χ2n) is 16.2. The molecule has 4 aromatic rings. The van der Waals surface area contributed by atoms with E-state index in [0.29, 0.717) is 42.4 Å². The smallest absolute Gasteiger partial charge is 0.333 e. The topological polar surface area (TPSA) is 158 Å². The number of ether oxygens (including phenoxy) is 4. The first-order valence-electron chi connectivity index (χ1n) is 19.1. The number of carbonyl (C=O) groups excluding carboxylic acids is 1. The number of benzene rings is 3. The Balaban J connectivity index is 1.23. The normalized spacial score (nSPS) is 30.7. The third kappa shape index (κ3) is 4.57. The van der Waals surface area contributed by atoms with Gasteiger partial charge in [-0.1, -0.05) is 17.7 Å². The van der Waals surface area contributed by atoms with E-state index >= 15 is 4.79 Å². The number of nitriles is 1. The zero-order valence-electron chi connectivity index (χ0n) is 31.9. The van der Waals surface area contributed by atoms with Gasteiger partial charge in [-0.05, 0) is 93.1 Å². The molecule has 1 spiro atoms. The minimum Gasteiger partial charge on any atom is -0.504 e. The Morgan fingerprint density at radius 1 is 1.09 bits per heavy atom. The molecule has 12 nitrogen and oxygen atoms in total. The van der Waals surface area contributed by atoms with Crippen molar-refractivity contribution in [3.8, 4) is 29.1 Å². The molecule has 286 valence electrons. The van der Waals surface area contributed by atoms with E-state index in [-0.39, 0.29) is 54.5 Å². The number of phenolic OH excluding ortho intramolecular Hbond substituents is 1. The summed E-state index contributed by atoms with van der Waals surface area (Å²) in [4.78, 5) is 23.3. The van der Waals surface area contributed by atoms with Gasteiger partial charge in [0.1, 0.15) is 12.6 Å². The first-order valence-corrected chi connectivity index (χ1v) is 20.2. The summed E-state index contributed by atoms with van der Waals surface area (Å²) >= 11 is 1.69. The molecule has 7 aliphatic heterocycles. The SMILES string of the molecule is COc1c(C)cc2c(c1O)[C@@H]1[C@@H]3[C@@H]4SC[C@]5(N[C@H](CN)Cc6c5[nH]c5ccc(C)cc65)C(=O)OC[C@@H](c5c6c(c(C)c(C)c54)OCO6)N3[C@@H](C#N)[C@H](C2)N1C. The third-order valence-electron chi connectivity index (χ3n) is 13.6. The van der Waals surface area contributed by atoms with Gasteiger partial charge in [-0.15, -0.1) is 11.8 Å². The van der Waals surface area contributed by atoms with E-state index in [2.05, 4.69) is 78.3 Å². The fourth-order valence-electron chi connectivity index (χ4n) is 11.0. The zero-order chi connectivity index (χ0) is 38.2. The molecule has 0 unspecified atom stereocenters. The number of phenols is 1. The molecule has 7 aliphatic rings. The van der Waals surface area contributed by atoms with Crippen molar-refractivity contribution in [3.63, 3.8) is 0 Å². The Kier molecular flexibility index (Phi) is 7.81. The largest absolute Gasteiger partial charge is 0.504 e. The zero-order valence-corrected chi connectivity index (χ0v) is 32.7. The van der Waals surface area contributed by atoms with Crippen molar-refractivity contribution in [3.05, 3.63) is 80.0 Å². The number of esters is 1. The number of thioether (sulfide) groups is 1. The van der Waals surface area contributed by atoms with Gasteiger partial charge in [0.05, 0.1) is 31.0 Å². The number of nitrogens with two attached hydrogens (primary N) is 1. The van der Waals surface area contributed by atoms with Gasteiger partial charge >= 0.3 is 5.97 Å². The second-order valence-corrected chi connectivity index (χ2v) is 17.4. The predicted molar refractivity (Wildman–Crippen MR) is 208 cm³/mol. The number of aromatic amines is 1. The monoisotopic (exact) mass is 762 g/mol. The highest BCUT2D eigenvalue weighted by molar-refractivity contribution is 7.99. The lowest BCUT2D eigenvalue weighted by molar-refractivity contribution is -0.158. The van der Waals surface area contributed by atoms with Crippen molar-refractivity contribution < 1.29 is 28.8 Å². The van der Waals surface area contributed by atoms with Crippen LogP contribution in [0.3, 0.4) is 0 Å². The van der Waals surface area contributed by atoms with E-state index in [9.17, 15) is 10.4 Å². The Morgan fingerprint density at radius 2 is 1.89 bits per heavy atom. The molecule has 0 saturated carbocycles. The van der Waals surface area contributed by atoms with Crippen LogP contribution >= 0.6 is 11.8 Å². The van der Waals surface area contributed by atoms with Gasteiger partial charge in [0.25, 0.3) is 0 Å². The molecule has 2 saturated heterocycles. The van der Waals surface area contributed by atoms with Crippen molar-refractivity contribution in [1.82, 2.24) is 20.1 Å².